The number of benzene rings is 1. The smallest absolute Gasteiger partial charge is 0.129 e. The van der Waals surface area contributed by atoms with Crippen molar-refractivity contribution < 1.29 is 14.2 Å². The molecular weight excluding hydrogens is 269 g/mol. The number of halogens is 1. The lowest BCUT2D eigenvalue weighted by atomic mass is 9.99. The van der Waals surface area contributed by atoms with Crippen molar-refractivity contribution in [3.63, 3.8) is 0 Å². The van der Waals surface area contributed by atoms with Gasteiger partial charge in [-0.3, -0.25) is 4.98 Å². The van der Waals surface area contributed by atoms with Crippen LogP contribution in [0.5, 0.6) is 5.75 Å². The number of hydrogen-bond donors (Lipinski definition) is 1. The molecule has 1 N–H and O–H groups in total. The summed E-state index contributed by atoms with van der Waals surface area (Å²) in [6.45, 7) is 5.63. The van der Waals surface area contributed by atoms with Crippen LogP contribution in [0.4, 0.5) is 4.39 Å². The maximum absolute atomic E-state index is 13.9. The molecule has 0 saturated heterocycles. The number of rotatable bonds is 4. The fraction of sp³-hybridized carbons (Fsp3) is 0.353. The van der Waals surface area contributed by atoms with Crippen LogP contribution >= 0.6 is 0 Å². The largest absolute Gasteiger partial charge is 0.496 e. The highest BCUT2D eigenvalue weighted by Crippen LogP contribution is 2.28. The van der Waals surface area contributed by atoms with E-state index < -0.39 is 6.10 Å². The molecule has 3 nitrogen and oxygen atoms in total. The predicted octanol–water partition coefficient (Wildman–Crippen LogP) is 3.43. The average Bonchev–Trinajstić information content (AvgIpc) is 2.42. The Labute approximate surface area is 124 Å². The van der Waals surface area contributed by atoms with E-state index in [-0.39, 0.29) is 12.2 Å². The zero-order chi connectivity index (χ0) is 15.6. The van der Waals surface area contributed by atoms with Crippen LogP contribution in [0.1, 0.15) is 34.1 Å². The Hall–Kier alpha value is -1.94. The first-order valence-electron chi connectivity index (χ1n) is 6.87. The summed E-state index contributed by atoms with van der Waals surface area (Å²) in [5.41, 5.74) is 3.65. The Morgan fingerprint density at radius 3 is 2.62 bits per heavy atom. The van der Waals surface area contributed by atoms with Crippen molar-refractivity contribution in [2.45, 2.75) is 33.3 Å². The van der Waals surface area contributed by atoms with E-state index in [1.165, 1.54) is 6.07 Å². The number of hydrogen-bond acceptors (Lipinski definition) is 3. The third kappa shape index (κ3) is 3.22. The molecule has 1 heterocycles. The van der Waals surface area contributed by atoms with Gasteiger partial charge in [0.25, 0.3) is 0 Å². The molecule has 21 heavy (non-hydrogen) atoms. The van der Waals surface area contributed by atoms with Gasteiger partial charge in [-0.1, -0.05) is 12.1 Å². The number of methoxy groups -OCH3 is 1. The highest BCUT2D eigenvalue weighted by Gasteiger charge is 2.17. The number of aromatic nitrogens is 1. The third-order valence-corrected chi connectivity index (χ3v) is 3.65. The molecule has 0 amide bonds. The van der Waals surface area contributed by atoms with Crippen LogP contribution in [0.3, 0.4) is 0 Å². The minimum Gasteiger partial charge on any atom is -0.496 e. The molecular formula is C17H20FNO2. The van der Waals surface area contributed by atoms with Crippen LogP contribution in [0.15, 0.2) is 24.4 Å². The van der Waals surface area contributed by atoms with Crippen LogP contribution in [0.25, 0.3) is 0 Å². The molecule has 0 spiro atoms. The zero-order valence-corrected chi connectivity index (χ0v) is 12.8. The van der Waals surface area contributed by atoms with Crippen molar-refractivity contribution >= 4 is 0 Å². The van der Waals surface area contributed by atoms with Crippen LogP contribution < -0.4 is 4.74 Å². The van der Waals surface area contributed by atoms with Gasteiger partial charge in [-0.2, -0.15) is 0 Å². The molecule has 2 aromatic rings. The van der Waals surface area contributed by atoms with Gasteiger partial charge < -0.3 is 9.84 Å². The minimum atomic E-state index is -0.927. The first-order chi connectivity index (χ1) is 9.93. The molecule has 4 heteroatoms. The fourth-order valence-corrected chi connectivity index (χ4v) is 2.47. The molecule has 1 atom stereocenters. The van der Waals surface area contributed by atoms with Gasteiger partial charge in [-0.25, -0.2) is 4.39 Å². The minimum absolute atomic E-state index is 0.252. The summed E-state index contributed by atoms with van der Waals surface area (Å²) in [6.07, 6.45) is 1.03. The van der Waals surface area contributed by atoms with Crippen molar-refractivity contribution in [2.24, 2.45) is 0 Å². The fourth-order valence-electron chi connectivity index (χ4n) is 2.47. The molecule has 0 aliphatic rings. The monoisotopic (exact) mass is 289 g/mol. The molecule has 0 aliphatic carbocycles. The lowest BCUT2D eigenvalue weighted by Gasteiger charge is -2.16. The van der Waals surface area contributed by atoms with E-state index in [9.17, 15) is 9.50 Å². The van der Waals surface area contributed by atoms with Crippen molar-refractivity contribution in [3.05, 3.63) is 58.2 Å². The van der Waals surface area contributed by atoms with E-state index in [0.29, 0.717) is 11.3 Å². The Kier molecular flexibility index (Phi) is 4.58. The Bertz CT molecular complexity index is 655. The van der Waals surface area contributed by atoms with Crippen LogP contribution in [-0.4, -0.2) is 17.2 Å². The average molecular weight is 289 g/mol. The van der Waals surface area contributed by atoms with Gasteiger partial charge in [0.05, 0.1) is 13.2 Å². The van der Waals surface area contributed by atoms with Gasteiger partial charge >= 0.3 is 0 Å². The molecule has 0 aliphatic heterocycles. The number of aliphatic hydroxyl groups is 1. The summed E-state index contributed by atoms with van der Waals surface area (Å²) in [7, 11) is 1.61. The highest BCUT2D eigenvalue weighted by molar-refractivity contribution is 5.41. The van der Waals surface area contributed by atoms with Crippen LogP contribution in [0.2, 0.25) is 0 Å². The zero-order valence-electron chi connectivity index (χ0n) is 12.8. The van der Waals surface area contributed by atoms with E-state index >= 15 is 0 Å². The van der Waals surface area contributed by atoms with Gasteiger partial charge in [0.15, 0.2) is 0 Å². The summed E-state index contributed by atoms with van der Waals surface area (Å²) in [4.78, 5) is 4.34. The van der Waals surface area contributed by atoms with Crippen molar-refractivity contribution in [1.29, 1.82) is 0 Å². The van der Waals surface area contributed by atoms with E-state index in [1.54, 1.807) is 25.4 Å². The SMILES string of the molecule is COc1c(C)cnc(CC(O)c2ccc(C)cc2F)c1C. The molecule has 0 radical (unpaired) electrons. The summed E-state index contributed by atoms with van der Waals surface area (Å²) in [5, 5.41) is 10.3. The first kappa shape index (κ1) is 15.4. The number of ether oxygens (including phenoxy) is 1. The van der Waals surface area contributed by atoms with Crippen molar-refractivity contribution in [3.8, 4) is 5.75 Å². The Balaban J connectivity index is 2.29. The summed E-state index contributed by atoms with van der Waals surface area (Å²) in [6, 6.07) is 4.84. The molecule has 0 saturated carbocycles. The van der Waals surface area contributed by atoms with Gasteiger partial charge in [0.1, 0.15) is 11.6 Å². The lowest BCUT2D eigenvalue weighted by molar-refractivity contribution is 0.172. The second kappa shape index (κ2) is 6.22. The summed E-state index contributed by atoms with van der Waals surface area (Å²) >= 11 is 0. The molecule has 1 unspecified atom stereocenters. The maximum Gasteiger partial charge on any atom is 0.129 e. The van der Waals surface area contributed by atoms with Crippen molar-refractivity contribution in [1.82, 2.24) is 4.98 Å². The molecule has 2 rings (SSSR count). The van der Waals surface area contributed by atoms with Crippen molar-refractivity contribution in [2.75, 3.05) is 7.11 Å². The Morgan fingerprint density at radius 1 is 1.29 bits per heavy atom. The lowest BCUT2D eigenvalue weighted by Crippen LogP contribution is -2.08. The van der Waals surface area contributed by atoms with Gasteiger partial charge in [0.2, 0.25) is 0 Å². The normalized spacial score (nSPS) is 12.3. The second-order valence-corrected chi connectivity index (χ2v) is 5.29. The third-order valence-electron chi connectivity index (χ3n) is 3.65. The van der Waals surface area contributed by atoms with E-state index in [0.717, 1.165) is 22.4 Å². The summed E-state index contributed by atoms with van der Waals surface area (Å²) < 4.78 is 19.3. The second-order valence-electron chi connectivity index (χ2n) is 5.29. The Morgan fingerprint density at radius 2 is 2.00 bits per heavy atom. The number of aliphatic hydroxyl groups excluding tert-OH is 1. The predicted molar refractivity (Wildman–Crippen MR) is 80.1 cm³/mol. The summed E-state index contributed by atoms with van der Waals surface area (Å²) in [5.74, 6) is 0.371. The van der Waals surface area contributed by atoms with E-state index in [2.05, 4.69) is 4.98 Å². The standard InChI is InChI=1S/C17H20FNO2/c1-10-5-6-13(14(18)7-10)16(20)8-15-12(3)17(21-4)11(2)9-19-15/h5-7,9,16,20H,8H2,1-4H3. The maximum atomic E-state index is 13.9. The molecule has 0 fully saturated rings. The quantitative estimate of drug-likeness (QED) is 0.937. The molecule has 112 valence electrons. The topological polar surface area (TPSA) is 42.4 Å². The first-order valence-corrected chi connectivity index (χ1v) is 6.87. The van der Waals surface area contributed by atoms with Crippen LogP contribution in [-0.2, 0) is 6.42 Å². The molecule has 1 aromatic carbocycles. The van der Waals surface area contributed by atoms with Gasteiger partial charge in [0, 0.05) is 35.0 Å². The highest BCUT2D eigenvalue weighted by atomic mass is 19.1. The van der Waals surface area contributed by atoms with Gasteiger partial charge in [-0.05, 0) is 32.4 Å². The number of nitrogens with zero attached hydrogens (tertiary/aromatic N) is 1. The van der Waals surface area contributed by atoms with Gasteiger partial charge in [-0.15, -0.1) is 0 Å². The van der Waals surface area contributed by atoms with E-state index in [1.807, 2.05) is 20.8 Å². The van der Waals surface area contributed by atoms with E-state index in [4.69, 9.17) is 4.74 Å². The molecule has 0 bridgehead atoms. The number of pyridine rings is 1. The molecule has 1 aromatic heterocycles. The number of aryl methyl sites for hydroxylation is 2. The van der Waals surface area contributed by atoms with Crippen LogP contribution in [0, 0.1) is 26.6 Å².